The van der Waals surface area contributed by atoms with Gasteiger partial charge in [-0.05, 0) is 0 Å². The molecule has 3 heteroatoms. The first-order valence-corrected chi connectivity index (χ1v) is 6.88. The van der Waals surface area contributed by atoms with Gasteiger partial charge in [0, 0.05) is 0 Å². The summed E-state index contributed by atoms with van der Waals surface area (Å²) in [5.41, 5.74) is 0. The van der Waals surface area contributed by atoms with Crippen molar-refractivity contribution in [2.45, 2.75) is 38.9 Å². The highest BCUT2D eigenvalue weighted by Crippen LogP contribution is 2.21. The Balaban J connectivity index is 4.39. The van der Waals surface area contributed by atoms with E-state index in [9.17, 15) is 9.18 Å². The van der Waals surface area contributed by atoms with Crippen molar-refractivity contribution in [2.24, 2.45) is 0 Å². The number of halogens is 1. The van der Waals surface area contributed by atoms with Gasteiger partial charge in [-0.2, -0.15) is 0 Å². The second-order valence-corrected chi connectivity index (χ2v) is 8.14. The summed E-state index contributed by atoms with van der Waals surface area (Å²) < 4.78 is 12.1. The largest absolute Gasteiger partial charge is 0.303 e. The zero-order valence-electron chi connectivity index (χ0n) is 7.61. The van der Waals surface area contributed by atoms with Gasteiger partial charge in [-0.25, -0.2) is 4.39 Å². The lowest BCUT2D eigenvalue weighted by atomic mass is 10.8. The van der Waals surface area contributed by atoms with Crippen molar-refractivity contribution >= 4 is 13.5 Å². The van der Waals surface area contributed by atoms with Gasteiger partial charge in [-0.1, -0.05) is 38.9 Å². The van der Waals surface area contributed by atoms with Crippen molar-refractivity contribution in [1.29, 1.82) is 0 Å². The third-order valence-electron chi connectivity index (χ3n) is 2.74. The summed E-state index contributed by atoms with van der Waals surface area (Å²) in [6.07, 6.45) is 0. The molecule has 0 amide bonds. The zero-order valence-corrected chi connectivity index (χ0v) is 8.61. The number of alkyl halides is 1. The predicted molar refractivity (Wildman–Crippen MR) is 48.2 cm³/mol. The molecule has 0 N–H and O–H groups in total. The Hall–Kier alpha value is -0.183. The predicted octanol–water partition coefficient (Wildman–Crippen LogP) is 2.57. The van der Waals surface area contributed by atoms with E-state index in [0.717, 1.165) is 18.1 Å². The van der Waals surface area contributed by atoms with Gasteiger partial charge in [0.1, 0.15) is 20.2 Å². The molecule has 0 saturated carbocycles. The second-order valence-electron chi connectivity index (χ2n) is 2.90. The van der Waals surface area contributed by atoms with Crippen LogP contribution < -0.4 is 0 Å². The van der Waals surface area contributed by atoms with Crippen LogP contribution in [0.2, 0.25) is 18.1 Å². The van der Waals surface area contributed by atoms with Crippen molar-refractivity contribution in [2.75, 3.05) is 6.67 Å². The minimum atomic E-state index is -1.83. The van der Waals surface area contributed by atoms with E-state index in [2.05, 4.69) is 0 Å². The SMILES string of the molecule is CC[Si](CC)(CC)C(=O)CF. The molecular formula is C8H17FOSi. The van der Waals surface area contributed by atoms with Gasteiger partial charge in [-0.15, -0.1) is 0 Å². The van der Waals surface area contributed by atoms with Gasteiger partial charge in [0.05, 0.1) is 0 Å². The van der Waals surface area contributed by atoms with E-state index >= 15 is 0 Å². The highest BCUT2D eigenvalue weighted by molar-refractivity contribution is 7.06. The molecule has 1 nitrogen and oxygen atoms in total. The molecule has 0 aromatic heterocycles. The summed E-state index contributed by atoms with van der Waals surface area (Å²) in [5.74, 6) is 0. The van der Waals surface area contributed by atoms with Crippen molar-refractivity contribution in [3.63, 3.8) is 0 Å². The molecule has 0 saturated heterocycles. The Morgan fingerprint density at radius 1 is 1.18 bits per heavy atom. The molecule has 0 bridgehead atoms. The first-order chi connectivity index (χ1) is 5.16. The van der Waals surface area contributed by atoms with Crippen LogP contribution in [0.3, 0.4) is 0 Å². The van der Waals surface area contributed by atoms with Crippen LogP contribution in [-0.2, 0) is 4.79 Å². The van der Waals surface area contributed by atoms with Crippen molar-refractivity contribution in [3.05, 3.63) is 0 Å². The Morgan fingerprint density at radius 3 is 1.64 bits per heavy atom. The maximum absolute atomic E-state index is 12.1. The normalized spacial score (nSPS) is 11.6. The van der Waals surface area contributed by atoms with Crippen LogP contribution in [0.15, 0.2) is 0 Å². The van der Waals surface area contributed by atoms with E-state index in [-0.39, 0.29) is 5.41 Å². The number of hydrogen-bond donors (Lipinski definition) is 0. The lowest BCUT2D eigenvalue weighted by Gasteiger charge is -2.24. The highest BCUT2D eigenvalue weighted by Gasteiger charge is 2.34. The van der Waals surface area contributed by atoms with Crippen molar-refractivity contribution in [3.8, 4) is 0 Å². The molecule has 66 valence electrons. The van der Waals surface area contributed by atoms with Gasteiger partial charge >= 0.3 is 0 Å². The Morgan fingerprint density at radius 2 is 1.55 bits per heavy atom. The number of rotatable bonds is 5. The molecule has 0 atom stereocenters. The van der Waals surface area contributed by atoms with E-state index in [1.165, 1.54) is 0 Å². The van der Waals surface area contributed by atoms with Crippen molar-refractivity contribution in [1.82, 2.24) is 0 Å². The van der Waals surface area contributed by atoms with Gasteiger partial charge in [0.2, 0.25) is 0 Å². The minimum absolute atomic E-state index is 0.0926. The maximum atomic E-state index is 12.1. The fourth-order valence-electron chi connectivity index (χ4n) is 1.48. The lowest BCUT2D eigenvalue weighted by Crippen LogP contribution is -2.43. The summed E-state index contributed by atoms with van der Waals surface area (Å²) in [6, 6.07) is 2.67. The van der Waals surface area contributed by atoms with Crippen LogP contribution in [0.4, 0.5) is 4.39 Å². The molecule has 0 unspecified atom stereocenters. The molecule has 11 heavy (non-hydrogen) atoms. The Bertz CT molecular complexity index is 124. The Labute approximate surface area is 69.0 Å². The van der Waals surface area contributed by atoms with E-state index in [0.29, 0.717) is 0 Å². The smallest absolute Gasteiger partial charge is 0.143 e. The topological polar surface area (TPSA) is 17.1 Å². The van der Waals surface area contributed by atoms with E-state index < -0.39 is 14.7 Å². The molecule has 0 aliphatic rings. The van der Waals surface area contributed by atoms with E-state index in [4.69, 9.17) is 0 Å². The molecule has 0 spiro atoms. The molecule has 0 aromatic rings. The van der Waals surface area contributed by atoms with Crippen LogP contribution in [0.25, 0.3) is 0 Å². The Kier molecular flexibility index (Phi) is 4.57. The lowest BCUT2D eigenvalue weighted by molar-refractivity contribution is -0.113. The first-order valence-electron chi connectivity index (χ1n) is 4.26. The van der Waals surface area contributed by atoms with Gasteiger partial charge in [0.15, 0.2) is 0 Å². The summed E-state index contributed by atoms with van der Waals surface area (Å²) in [7, 11) is -1.83. The summed E-state index contributed by atoms with van der Waals surface area (Å²) in [6.45, 7) is 5.27. The molecule has 0 aliphatic heterocycles. The molecule has 0 aromatic carbocycles. The fourth-order valence-corrected chi connectivity index (χ4v) is 4.45. The molecule has 0 radical (unpaired) electrons. The average molecular weight is 176 g/mol. The zero-order chi connectivity index (χ0) is 8.91. The monoisotopic (exact) mass is 176 g/mol. The fraction of sp³-hybridized carbons (Fsp3) is 0.875. The van der Waals surface area contributed by atoms with Gasteiger partial charge < -0.3 is 4.79 Å². The standard InChI is InChI=1S/C8H17FOSi/c1-4-11(5-2,6-3)8(10)7-9/h4-7H2,1-3H3. The average Bonchev–Trinajstić information content (AvgIpc) is 2.08. The molecule has 0 rings (SSSR count). The van der Waals surface area contributed by atoms with E-state index in [1.54, 1.807) is 0 Å². The molecule has 0 fully saturated rings. The van der Waals surface area contributed by atoms with Crippen LogP contribution in [0.5, 0.6) is 0 Å². The van der Waals surface area contributed by atoms with Crippen LogP contribution in [0.1, 0.15) is 20.8 Å². The summed E-state index contributed by atoms with van der Waals surface area (Å²) in [5, 5.41) is -0.0926. The summed E-state index contributed by atoms with van der Waals surface area (Å²) in [4.78, 5) is 11.2. The quantitative estimate of drug-likeness (QED) is 0.588. The van der Waals surface area contributed by atoms with Gasteiger partial charge in [0.25, 0.3) is 0 Å². The number of carbonyl (C=O) groups excluding carboxylic acids is 1. The summed E-state index contributed by atoms with van der Waals surface area (Å²) >= 11 is 0. The first kappa shape index (κ1) is 10.8. The van der Waals surface area contributed by atoms with Gasteiger partial charge in [-0.3, -0.25) is 0 Å². The van der Waals surface area contributed by atoms with Crippen LogP contribution in [0, 0.1) is 0 Å². The van der Waals surface area contributed by atoms with Crippen LogP contribution in [-0.4, -0.2) is 20.2 Å². The molecule has 0 heterocycles. The van der Waals surface area contributed by atoms with E-state index in [1.807, 2.05) is 20.8 Å². The molecule has 0 aliphatic carbocycles. The minimum Gasteiger partial charge on any atom is -0.303 e. The third-order valence-corrected chi connectivity index (χ3v) is 8.12. The third kappa shape index (κ3) is 2.12. The number of hydrogen-bond acceptors (Lipinski definition) is 1. The van der Waals surface area contributed by atoms with Crippen LogP contribution >= 0.6 is 0 Å². The maximum Gasteiger partial charge on any atom is 0.143 e. The second kappa shape index (κ2) is 4.65. The number of carbonyl (C=O) groups is 1. The van der Waals surface area contributed by atoms with Crippen molar-refractivity contribution < 1.29 is 9.18 Å². The highest BCUT2D eigenvalue weighted by atomic mass is 28.3. The molecular weight excluding hydrogens is 159 g/mol.